The molecule has 2 unspecified atom stereocenters. The third kappa shape index (κ3) is 5.32. The zero-order valence-corrected chi connectivity index (χ0v) is 14.3. The van der Waals surface area contributed by atoms with Crippen LogP contribution in [-0.2, 0) is 32.2 Å². The second-order valence-corrected chi connectivity index (χ2v) is 5.86. The van der Waals surface area contributed by atoms with Gasteiger partial charge in [0.15, 0.2) is 0 Å². The number of alkyl halides is 2. The molecule has 0 spiro atoms. The number of rotatable bonds is 8. The fourth-order valence-corrected chi connectivity index (χ4v) is 2.48. The molecule has 0 heterocycles. The fourth-order valence-electron chi connectivity index (χ4n) is 2.48. The third-order valence-corrected chi connectivity index (χ3v) is 3.96. The Balaban J connectivity index is 2.20. The summed E-state index contributed by atoms with van der Waals surface area (Å²) in [4.78, 5) is 27.2. The Hall–Kier alpha value is -2.84. The summed E-state index contributed by atoms with van der Waals surface area (Å²) in [6.45, 7) is -0.162. The molecule has 2 aromatic carbocycles. The van der Waals surface area contributed by atoms with E-state index in [1.54, 1.807) is 60.7 Å². The van der Waals surface area contributed by atoms with Crippen molar-refractivity contribution in [1.82, 2.24) is 0 Å². The second kappa shape index (κ2) is 9.20. The van der Waals surface area contributed by atoms with Gasteiger partial charge in [0.1, 0.15) is 12.7 Å². The number of hydrogen-bond donors (Lipinski definition) is 2. The highest BCUT2D eigenvalue weighted by molar-refractivity contribution is 5.81. The highest BCUT2D eigenvalue weighted by Gasteiger charge is 2.53. The first kappa shape index (κ1) is 20.5. The monoisotopic (exact) mass is 379 g/mol. The van der Waals surface area contributed by atoms with Gasteiger partial charge in [0.25, 0.3) is 0 Å². The minimum absolute atomic E-state index is 0.162. The van der Waals surface area contributed by atoms with Gasteiger partial charge in [-0.3, -0.25) is 4.79 Å². The Morgan fingerprint density at radius 2 is 1.52 bits per heavy atom. The molecule has 0 aromatic heterocycles. The fraction of sp³-hybridized carbons (Fsp3) is 0.263. The van der Waals surface area contributed by atoms with Crippen LogP contribution in [0.3, 0.4) is 0 Å². The van der Waals surface area contributed by atoms with Gasteiger partial charge >= 0.3 is 17.9 Å². The van der Waals surface area contributed by atoms with Gasteiger partial charge in [0, 0.05) is 0 Å². The lowest BCUT2D eigenvalue weighted by atomic mass is 9.90. The van der Waals surface area contributed by atoms with Crippen molar-refractivity contribution >= 4 is 11.9 Å². The van der Waals surface area contributed by atoms with Crippen LogP contribution in [0.2, 0.25) is 0 Å². The van der Waals surface area contributed by atoms with Crippen molar-refractivity contribution in [3.05, 3.63) is 71.8 Å². The Kier molecular flexibility index (Phi) is 6.98. The minimum atomic E-state index is -4.38. The molecule has 0 amide bonds. The van der Waals surface area contributed by atoms with Crippen LogP contribution in [-0.4, -0.2) is 29.1 Å². The van der Waals surface area contributed by atoms with Crippen molar-refractivity contribution in [2.45, 2.75) is 25.1 Å². The van der Waals surface area contributed by atoms with Gasteiger partial charge < -0.3 is 14.7 Å². The van der Waals surface area contributed by atoms with E-state index >= 15 is 0 Å². The maximum absolute atomic E-state index is 14.1. The number of esters is 1. The van der Waals surface area contributed by atoms with E-state index in [2.05, 4.69) is 10.7 Å². The molecule has 0 fully saturated rings. The van der Waals surface area contributed by atoms with Gasteiger partial charge in [-0.2, -0.15) is 14.7 Å². The Bertz CT molecular complexity index is 755. The number of benzene rings is 2. The van der Waals surface area contributed by atoms with Crippen LogP contribution in [0.1, 0.15) is 11.1 Å². The van der Waals surface area contributed by atoms with E-state index in [1.807, 2.05) is 0 Å². The average molecular weight is 379 g/mol. The van der Waals surface area contributed by atoms with E-state index in [9.17, 15) is 23.5 Å². The highest BCUT2D eigenvalue weighted by atomic mass is 19.3. The summed E-state index contributed by atoms with van der Waals surface area (Å²) in [5.41, 5.74) is 1.15. The summed E-state index contributed by atoms with van der Waals surface area (Å²) in [7, 11) is 0. The molecule has 144 valence electrons. The van der Waals surface area contributed by atoms with Crippen molar-refractivity contribution < 1.29 is 33.1 Å². The van der Waals surface area contributed by atoms with E-state index in [4.69, 9.17) is 4.74 Å². The SMILES string of the molecule is NOC(=O)C(F)(F)C(O)C(Cc1ccccc1)C(=O)OCc1ccccc1. The number of nitrogens with two attached hydrogens (primary N) is 1. The predicted octanol–water partition coefficient (Wildman–Crippen LogP) is 2.00. The standard InChI is InChI=1S/C19H19F2NO5/c20-19(21,18(25)27-22)16(23)15(11-13-7-3-1-4-8-13)17(24)26-12-14-9-5-2-6-10-14/h1-10,15-16,23H,11-12,22H2. The molecule has 8 heteroatoms. The third-order valence-electron chi connectivity index (χ3n) is 3.96. The number of ether oxygens (including phenoxy) is 1. The van der Waals surface area contributed by atoms with E-state index in [1.165, 1.54) is 0 Å². The Morgan fingerprint density at radius 1 is 1.00 bits per heavy atom. The smallest absolute Gasteiger partial charge is 0.398 e. The zero-order valence-electron chi connectivity index (χ0n) is 14.3. The van der Waals surface area contributed by atoms with Crippen LogP contribution >= 0.6 is 0 Å². The van der Waals surface area contributed by atoms with Gasteiger partial charge in [-0.05, 0) is 17.5 Å². The quantitative estimate of drug-likeness (QED) is 0.538. The van der Waals surface area contributed by atoms with Gasteiger partial charge in [-0.1, -0.05) is 60.7 Å². The summed E-state index contributed by atoms with van der Waals surface area (Å²) in [5, 5.41) is 10.1. The average Bonchev–Trinajstić information content (AvgIpc) is 2.70. The molecule has 0 aliphatic rings. The summed E-state index contributed by atoms with van der Waals surface area (Å²) >= 11 is 0. The van der Waals surface area contributed by atoms with Crippen molar-refractivity contribution in [2.24, 2.45) is 11.8 Å². The maximum atomic E-state index is 14.1. The highest BCUT2D eigenvalue weighted by Crippen LogP contribution is 2.29. The normalized spacial score (nSPS) is 13.5. The summed E-state index contributed by atoms with van der Waals surface area (Å²) < 4.78 is 33.2. The van der Waals surface area contributed by atoms with Crippen LogP contribution in [0.15, 0.2) is 60.7 Å². The molecular weight excluding hydrogens is 360 g/mol. The van der Waals surface area contributed by atoms with Crippen molar-refractivity contribution in [3.8, 4) is 0 Å². The van der Waals surface area contributed by atoms with Gasteiger partial charge in [0.05, 0.1) is 5.92 Å². The summed E-state index contributed by atoms with van der Waals surface area (Å²) in [6.07, 6.45) is -2.93. The first-order valence-corrected chi connectivity index (χ1v) is 8.07. The molecule has 0 aliphatic carbocycles. The second-order valence-electron chi connectivity index (χ2n) is 5.86. The Labute approximate surface area is 154 Å². The Morgan fingerprint density at radius 3 is 2.04 bits per heavy atom. The molecule has 27 heavy (non-hydrogen) atoms. The van der Waals surface area contributed by atoms with E-state index in [0.29, 0.717) is 11.1 Å². The predicted molar refractivity (Wildman–Crippen MR) is 91.1 cm³/mol. The van der Waals surface area contributed by atoms with Crippen LogP contribution in [0, 0.1) is 5.92 Å². The van der Waals surface area contributed by atoms with Crippen LogP contribution in [0.5, 0.6) is 0 Å². The topological polar surface area (TPSA) is 98.9 Å². The molecular formula is C19H19F2NO5. The molecule has 0 saturated carbocycles. The van der Waals surface area contributed by atoms with Crippen molar-refractivity contribution in [2.75, 3.05) is 0 Å². The molecule has 2 atom stereocenters. The summed E-state index contributed by atoms with van der Waals surface area (Å²) in [5.74, 6) is -4.78. The number of carbonyl (C=O) groups excluding carboxylic acids is 2. The van der Waals surface area contributed by atoms with Gasteiger partial charge in [-0.15, -0.1) is 0 Å². The van der Waals surface area contributed by atoms with E-state index in [0.717, 1.165) is 0 Å². The number of carbonyl (C=O) groups is 2. The molecule has 0 saturated heterocycles. The molecule has 0 aliphatic heterocycles. The van der Waals surface area contributed by atoms with E-state index in [-0.39, 0.29) is 13.0 Å². The first-order chi connectivity index (χ1) is 12.9. The molecule has 0 radical (unpaired) electrons. The maximum Gasteiger partial charge on any atom is 0.398 e. The molecule has 6 nitrogen and oxygen atoms in total. The zero-order chi connectivity index (χ0) is 19.9. The molecule has 3 N–H and O–H groups in total. The first-order valence-electron chi connectivity index (χ1n) is 8.07. The lowest BCUT2D eigenvalue weighted by Gasteiger charge is -2.26. The lowest BCUT2D eigenvalue weighted by Crippen LogP contribution is -2.50. The van der Waals surface area contributed by atoms with Gasteiger partial charge in [-0.25, -0.2) is 4.79 Å². The minimum Gasteiger partial charge on any atom is -0.461 e. The number of hydrogen-bond acceptors (Lipinski definition) is 6. The summed E-state index contributed by atoms with van der Waals surface area (Å²) in [6, 6.07) is 16.8. The lowest BCUT2D eigenvalue weighted by molar-refractivity contribution is -0.199. The molecule has 2 rings (SSSR count). The largest absolute Gasteiger partial charge is 0.461 e. The molecule has 0 bridgehead atoms. The van der Waals surface area contributed by atoms with Gasteiger partial charge in [0.2, 0.25) is 0 Å². The van der Waals surface area contributed by atoms with Crippen LogP contribution in [0.25, 0.3) is 0 Å². The van der Waals surface area contributed by atoms with Crippen molar-refractivity contribution in [3.63, 3.8) is 0 Å². The van der Waals surface area contributed by atoms with Crippen LogP contribution < -0.4 is 5.90 Å². The van der Waals surface area contributed by atoms with E-state index < -0.39 is 29.9 Å². The number of aliphatic hydroxyl groups excluding tert-OH is 1. The number of halogens is 2. The molecule has 2 aromatic rings. The number of aliphatic hydroxyl groups is 1. The van der Waals surface area contributed by atoms with Crippen molar-refractivity contribution in [1.29, 1.82) is 0 Å². The van der Waals surface area contributed by atoms with Crippen LogP contribution in [0.4, 0.5) is 8.78 Å².